The summed E-state index contributed by atoms with van der Waals surface area (Å²) in [6.45, 7) is 6.78. The average molecular weight is 443 g/mol. The molecule has 0 bridgehead atoms. The molecule has 0 spiro atoms. The first kappa shape index (κ1) is 18.6. The second kappa shape index (κ2) is 8.27. The van der Waals surface area contributed by atoms with Gasteiger partial charge in [0, 0.05) is 21.5 Å². The molecular weight excluding hydrogens is 423 g/mol. The molecule has 7 heteroatoms. The fourth-order valence-corrected chi connectivity index (χ4v) is 3.04. The number of ether oxygens (including phenoxy) is 2. The molecule has 0 unspecified atom stereocenters. The fourth-order valence-electron chi connectivity index (χ4n) is 1.89. The highest BCUT2D eigenvalue weighted by Crippen LogP contribution is 2.33. The number of anilines is 1. The lowest BCUT2D eigenvalue weighted by atomic mass is 10.3. The van der Waals surface area contributed by atoms with Gasteiger partial charge in [-0.3, -0.25) is 4.90 Å². The maximum Gasteiger partial charge on any atom is 0.145 e. The van der Waals surface area contributed by atoms with Gasteiger partial charge in [-0.15, -0.1) is 12.4 Å². The summed E-state index contributed by atoms with van der Waals surface area (Å²) < 4.78 is 12.9. The zero-order chi connectivity index (χ0) is 14.7. The van der Waals surface area contributed by atoms with Gasteiger partial charge in [0.2, 0.25) is 0 Å². The van der Waals surface area contributed by atoms with E-state index in [1.807, 2.05) is 12.1 Å². The zero-order valence-electron chi connectivity index (χ0n) is 11.9. The van der Waals surface area contributed by atoms with Crippen molar-refractivity contribution in [2.75, 3.05) is 25.4 Å². The van der Waals surface area contributed by atoms with Crippen LogP contribution < -0.4 is 10.5 Å². The van der Waals surface area contributed by atoms with Crippen LogP contribution in [-0.4, -0.2) is 30.6 Å². The van der Waals surface area contributed by atoms with Crippen LogP contribution in [0.25, 0.3) is 0 Å². The van der Waals surface area contributed by atoms with E-state index in [0.29, 0.717) is 24.1 Å². The minimum Gasteiger partial charge on any atom is -0.492 e. The number of morpholine rings is 1. The van der Waals surface area contributed by atoms with Crippen molar-refractivity contribution in [2.45, 2.75) is 19.9 Å². The summed E-state index contributed by atoms with van der Waals surface area (Å²) in [7, 11) is 0. The van der Waals surface area contributed by atoms with E-state index in [-0.39, 0.29) is 12.4 Å². The molecule has 1 aromatic rings. The Labute approximate surface area is 148 Å². The molecule has 118 valence electrons. The topological polar surface area (TPSA) is 47.7 Å². The molecule has 2 rings (SSSR count). The van der Waals surface area contributed by atoms with E-state index < -0.39 is 0 Å². The first-order valence-electron chi connectivity index (χ1n) is 6.44. The van der Waals surface area contributed by atoms with E-state index in [1.165, 1.54) is 0 Å². The normalized spacial score (nSPS) is 17.5. The molecule has 2 N–H and O–H groups in total. The molecule has 21 heavy (non-hydrogen) atoms. The molecule has 1 aliphatic rings. The molecular formula is C14H19Br2ClN2O2. The molecule has 1 heterocycles. The molecule has 0 aromatic heterocycles. The van der Waals surface area contributed by atoms with E-state index in [4.69, 9.17) is 15.2 Å². The minimum absolute atomic E-state index is 0. The van der Waals surface area contributed by atoms with Gasteiger partial charge in [-0.05, 0) is 57.8 Å². The van der Waals surface area contributed by atoms with Gasteiger partial charge >= 0.3 is 0 Å². The summed E-state index contributed by atoms with van der Waals surface area (Å²) in [4.78, 5) is 2.34. The van der Waals surface area contributed by atoms with Crippen molar-refractivity contribution in [2.24, 2.45) is 0 Å². The maximum atomic E-state index is 5.85. The van der Waals surface area contributed by atoms with Gasteiger partial charge in [0.05, 0.1) is 12.2 Å². The average Bonchev–Trinajstić information content (AvgIpc) is 2.42. The van der Waals surface area contributed by atoms with Crippen molar-refractivity contribution in [1.82, 2.24) is 4.90 Å². The standard InChI is InChI=1S/C14H18Br2N2O2.ClH/c1-9(2)18-3-4-19-11(7-18)8-20-10-5-12(15)14(17)13(16)6-10;/h5-6,8-9H,3-4,7,17H2,1-2H3;1H. The van der Waals surface area contributed by atoms with E-state index in [2.05, 4.69) is 50.6 Å². The number of nitrogens with two attached hydrogens (primary N) is 1. The summed E-state index contributed by atoms with van der Waals surface area (Å²) in [5.41, 5.74) is 6.50. The predicted molar refractivity (Wildman–Crippen MR) is 94.9 cm³/mol. The van der Waals surface area contributed by atoms with Crippen LogP contribution >= 0.6 is 44.3 Å². The van der Waals surface area contributed by atoms with Crippen molar-refractivity contribution in [1.29, 1.82) is 0 Å². The number of halogens is 3. The molecule has 0 saturated carbocycles. The van der Waals surface area contributed by atoms with Crippen LogP contribution in [0.1, 0.15) is 13.8 Å². The third-order valence-electron chi connectivity index (χ3n) is 3.13. The second-order valence-corrected chi connectivity index (χ2v) is 6.62. The largest absolute Gasteiger partial charge is 0.492 e. The van der Waals surface area contributed by atoms with Crippen LogP contribution in [0, 0.1) is 0 Å². The van der Waals surface area contributed by atoms with E-state index in [1.54, 1.807) is 6.26 Å². The van der Waals surface area contributed by atoms with Crippen LogP contribution in [0.2, 0.25) is 0 Å². The van der Waals surface area contributed by atoms with Gasteiger partial charge < -0.3 is 15.2 Å². The molecule has 4 nitrogen and oxygen atoms in total. The molecule has 0 aliphatic carbocycles. The van der Waals surface area contributed by atoms with Crippen molar-refractivity contribution in [3.8, 4) is 5.75 Å². The first-order chi connectivity index (χ1) is 9.47. The molecule has 1 aliphatic heterocycles. The summed E-state index contributed by atoms with van der Waals surface area (Å²) in [6, 6.07) is 4.17. The van der Waals surface area contributed by atoms with Crippen molar-refractivity contribution >= 4 is 50.0 Å². The Hall–Kier alpha value is -0.430. The van der Waals surface area contributed by atoms with Crippen LogP contribution in [0.4, 0.5) is 5.69 Å². The summed E-state index contributed by atoms with van der Waals surface area (Å²) >= 11 is 6.79. The van der Waals surface area contributed by atoms with E-state index >= 15 is 0 Å². The fraction of sp³-hybridized carbons (Fsp3) is 0.429. The third-order valence-corrected chi connectivity index (χ3v) is 4.45. The Kier molecular flexibility index (Phi) is 7.33. The Morgan fingerprint density at radius 3 is 2.52 bits per heavy atom. The number of benzene rings is 1. The zero-order valence-corrected chi connectivity index (χ0v) is 15.9. The molecule has 1 saturated heterocycles. The lowest BCUT2D eigenvalue weighted by Crippen LogP contribution is -2.39. The second-order valence-electron chi connectivity index (χ2n) is 4.92. The van der Waals surface area contributed by atoms with Gasteiger partial charge in [0.25, 0.3) is 0 Å². The number of nitrogens with zero attached hydrogens (tertiary/aromatic N) is 1. The molecule has 0 amide bonds. The minimum atomic E-state index is 0. The van der Waals surface area contributed by atoms with Crippen LogP contribution in [0.3, 0.4) is 0 Å². The Morgan fingerprint density at radius 1 is 1.33 bits per heavy atom. The van der Waals surface area contributed by atoms with Gasteiger partial charge in [-0.1, -0.05) is 0 Å². The summed E-state index contributed by atoms with van der Waals surface area (Å²) in [6.07, 6.45) is 1.67. The SMILES string of the molecule is CC(C)N1CCOC(=COc2cc(Br)c(N)c(Br)c2)C1.Cl. The van der Waals surface area contributed by atoms with Crippen molar-refractivity contribution in [3.05, 3.63) is 33.1 Å². The van der Waals surface area contributed by atoms with Crippen LogP contribution in [0.15, 0.2) is 33.1 Å². The highest BCUT2D eigenvalue weighted by molar-refractivity contribution is 9.11. The summed E-state index contributed by atoms with van der Waals surface area (Å²) in [5.74, 6) is 1.55. The van der Waals surface area contributed by atoms with Crippen LogP contribution in [-0.2, 0) is 4.74 Å². The number of hydrogen-bond donors (Lipinski definition) is 1. The lowest BCUT2D eigenvalue weighted by molar-refractivity contribution is 0.0710. The van der Waals surface area contributed by atoms with Gasteiger partial charge in [-0.2, -0.15) is 0 Å². The smallest absolute Gasteiger partial charge is 0.145 e. The van der Waals surface area contributed by atoms with Gasteiger partial charge in [-0.25, -0.2) is 0 Å². The van der Waals surface area contributed by atoms with Crippen LogP contribution in [0.5, 0.6) is 5.75 Å². The Balaban J connectivity index is 0.00000220. The lowest BCUT2D eigenvalue weighted by Gasteiger charge is -2.31. The molecule has 0 radical (unpaired) electrons. The number of rotatable bonds is 3. The third kappa shape index (κ3) is 5.06. The van der Waals surface area contributed by atoms with E-state index in [9.17, 15) is 0 Å². The molecule has 1 fully saturated rings. The highest BCUT2D eigenvalue weighted by Gasteiger charge is 2.18. The van der Waals surface area contributed by atoms with Gasteiger partial charge in [0.1, 0.15) is 24.4 Å². The highest BCUT2D eigenvalue weighted by atomic mass is 79.9. The van der Waals surface area contributed by atoms with E-state index in [0.717, 1.165) is 27.8 Å². The monoisotopic (exact) mass is 440 g/mol. The number of nitrogen functional groups attached to an aromatic ring is 1. The van der Waals surface area contributed by atoms with Crippen molar-refractivity contribution < 1.29 is 9.47 Å². The molecule has 0 atom stereocenters. The summed E-state index contributed by atoms with van der Waals surface area (Å²) in [5, 5.41) is 0. The quantitative estimate of drug-likeness (QED) is 0.564. The van der Waals surface area contributed by atoms with Crippen molar-refractivity contribution in [3.63, 3.8) is 0 Å². The maximum absolute atomic E-state index is 5.85. The Bertz CT molecular complexity index is 501. The molecule has 1 aromatic carbocycles. The first-order valence-corrected chi connectivity index (χ1v) is 8.03. The predicted octanol–water partition coefficient (Wildman–Crippen LogP) is 4.18. The number of hydrogen-bond acceptors (Lipinski definition) is 4. The van der Waals surface area contributed by atoms with Gasteiger partial charge in [0.15, 0.2) is 0 Å². The Morgan fingerprint density at radius 2 is 1.95 bits per heavy atom.